The van der Waals surface area contributed by atoms with E-state index in [1.54, 1.807) is 6.33 Å². The molecule has 0 aliphatic carbocycles. The molecule has 1 fully saturated rings. The van der Waals surface area contributed by atoms with Crippen LogP contribution in [0, 0.1) is 12.8 Å². The Kier molecular flexibility index (Phi) is 2.84. The van der Waals surface area contributed by atoms with E-state index in [1.807, 2.05) is 0 Å². The molecule has 1 N–H and O–H groups in total. The molecule has 0 saturated carbocycles. The van der Waals surface area contributed by atoms with E-state index in [0.717, 1.165) is 41.4 Å². The number of nitrogens with one attached hydrogen (secondary N) is 1. The number of aryl methyl sites for hydroxylation is 1. The molecule has 1 saturated heterocycles. The van der Waals surface area contributed by atoms with E-state index in [1.165, 1.54) is 23.8 Å². The minimum absolute atomic E-state index is 0.823. The number of H-pyrrole nitrogens is 1. The summed E-state index contributed by atoms with van der Waals surface area (Å²) in [4.78, 5) is 15.0. The van der Waals surface area contributed by atoms with Crippen molar-refractivity contribution in [2.24, 2.45) is 5.92 Å². The van der Waals surface area contributed by atoms with Gasteiger partial charge in [0.25, 0.3) is 0 Å². The number of rotatable bonds is 1. The van der Waals surface area contributed by atoms with Crippen LogP contribution < -0.4 is 4.90 Å². The van der Waals surface area contributed by atoms with E-state index in [0.29, 0.717) is 0 Å². The molecular formula is C17H20N4. The Morgan fingerprint density at radius 3 is 2.81 bits per heavy atom. The van der Waals surface area contributed by atoms with Crippen LogP contribution in [-0.2, 0) is 0 Å². The number of anilines is 1. The van der Waals surface area contributed by atoms with Gasteiger partial charge in [-0.1, -0.05) is 18.6 Å². The van der Waals surface area contributed by atoms with E-state index < -0.39 is 0 Å². The van der Waals surface area contributed by atoms with Gasteiger partial charge in [0, 0.05) is 24.0 Å². The molecular weight excluding hydrogens is 260 g/mol. The van der Waals surface area contributed by atoms with Crippen LogP contribution in [0.4, 0.5) is 5.82 Å². The van der Waals surface area contributed by atoms with Gasteiger partial charge >= 0.3 is 0 Å². The van der Waals surface area contributed by atoms with Gasteiger partial charge in [-0.3, -0.25) is 0 Å². The first-order chi connectivity index (χ1) is 10.2. The Bertz CT molecular complexity index is 797. The van der Waals surface area contributed by atoms with Crippen molar-refractivity contribution in [2.75, 3.05) is 18.0 Å². The van der Waals surface area contributed by atoms with Crippen LogP contribution in [0.3, 0.4) is 0 Å². The minimum atomic E-state index is 0.823. The molecule has 0 bridgehead atoms. The quantitative estimate of drug-likeness (QED) is 0.740. The van der Waals surface area contributed by atoms with E-state index in [4.69, 9.17) is 0 Å². The number of fused-ring (bicyclic) bond motifs is 3. The molecule has 1 aromatic carbocycles. The summed E-state index contributed by atoms with van der Waals surface area (Å²) in [5.74, 6) is 1.88. The first-order valence-electron chi connectivity index (χ1n) is 7.70. The summed E-state index contributed by atoms with van der Waals surface area (Å²) in [5, 5.41) is 1.19. The summed E-state index contributed by atoms with van der Waals surface area (Å²) in [6, 6.07) is 6.46. The number of aromatic nitrogens is 3. The molecule has 0 atom stereocenters. The van der Waals surface area contributed by atoms with Crippen LogP contribution in [0.1, 0.15) is 25.3 Å². The zero-order valence-corrected chi connectivity index (χ0v) is 12.6. The van der Waals surface area contributed by atoms with E-state index in [-0.39, 0.29) is 0 Å². The lowest BCUT2D eigenvalue weighted by Crippen LogP contribution is -2.33. The molecule has 21 heavy (non-hydrogen) atoms. The second-order valence-corrected chi connectivity index (χ2v) is 6.26. The molecule has 1 aliphatic heterocycles. The van der Waals surface area contributed by atoms with Crippen molar-refractivity contribution in [1.29, 1.82) is 0 Å². The van der Waals surface area contributed by atoms with Crippen molar-refractivity contribution < 1.29 is 0 Å². The third-order valence-electron chi connectivity index (χ3n) is 4.60. The maximum absolute atomic E-state index is 4.56. The Labute approximate surface area is 124 Å². The van der Waals surface area contributed by atoms with E-state index in [2.05, 4.69) is 51.9 Å². The standard InChI is InChI=1S/C17H20N4/c1-11-5-7-21(8-6-11)17-16-15(18-10-19-17)13-9-12(2)3-4-14(13)20-16/h3-4,9-11,20H,5-8H2,1-2H3. The van der Waals surface area contributed by atoms with Crippen LogP contribution in [0.2, 0.25) is 0 Å². The molecule has 2 aromatic heterocycles. The van der Waals surface area contributed by atoms with Crippen LogP contribution in [0.25, 0.3) is 21.9 Å². The Balaban J connectivity index is 1.88. The number of hydrogen-bond acceptors (Lipinski definition) is 3. The normalized spacial score (nSPS) is 17.0. The first kappa shape index (κ1) is 12.6. The molecule has 108 valence electrons. The predicted octanol–water partition coefficient (Wildman–Crippen LogP) is 3.66. The maximum atomic E-state index is 4.56. The van der Waals surface area contributed by atoms with Crippen LogP contribution >= 0.6 is 0 Å². The molecule has 0 unspecified atom stereocenters. The fourth-order valence-corrected chi connectivity index (χ4v) is 3.25. The lowest BCUT2D eigenvalue weighted by Gasteiger charge is -2.31. The highest BCUT2D eigenvalue weighted by Crippen LogP contribution is 2.31. The third kappa shape index (κ3) is 2.06. The zero-order valence-electron chi connectivity index (χ0n) is 12.6. The van der Waals surface area contributed by atoms with E-state index >= 15 is 0 Å². The van der Waals surface area contributed by atoms with Crippen LogP contribution in [0.5, 0.6) is 0 Å². The van der Waals surface area contributed by atoms with E-state index in [9.17, 15) is 0 Å². The molecule has 0 radical (unpaired) electrons. The summed E-state index contributed by atoms with van der Waals surface area (Å²) < 4.78 is 0. The van der Waals surface area contributed by atoms with Gasteiger partial charge in [0.05, 0.1) is 0 Å². The van der Waals surface area contributed by atoms with Crippen molar-refractivity contribution in [3.63, 3.8) is 0 Å². The number of nitrogens with zero attached hydrogens (tertiary/aromatic N) is 3. The Hall–Kier alpha value is -2.10. The lowest BCUT2D eigenvalue weighted by molar-refractivity contribution is 0.437. The SMILES string of the molecule is Cc1ccc2[nH]c3c(N4CCC(C)CC4)ncnc3c2c1. The Morgan fingerprint density at radius 1 is 1.19 bits per heavy atom. The topological polar surface area (TPSA) is 44.8 Å². The highest BCUT2D eigenvalue weighted by Gasteiger charge is 2.20. The van der Waals surface area contributed by atoms with Gasteiger partial charge in [0.2, 0.25) is 0 Å². The minimum Gasteiger partial charge on any atom is -0.355 e. The molecule has 4 heteroatoms. The molecule has 1 aliphatic rings. The van der Waals surface area contributed by atoms with Crippen LogP contribution in [-0.4, -0.2) is 28.0 Å². The molecule has 3 heterocycles. The van der Waals surface area contributed by atoms with Gasteiger partial charge in [-0.2, -0.15) is 0 Å². The fraction of sp³-hybridized carbons (Fsp3) is 0.412. The number of hydrogen-bond donors (Lipinski definition) is 1. The highest BCUT2D eigenvalue weighted by molar-refractivity contribution is 6.08. The van der Waals surface area contributed by atoms with Crippen molar-refractivity contribution in [2.45, 2.75) is 26.7 Å². The average Bonchev–Trinajstić information content (AvgIpc) is 2.86. The fourth-order valence-electron chi connectivity index (χ4n) is 3.25. The van der Waals surface area contributed by atoms with Crippen molar-refractivity contribution in [3.05, 3.63) is 30.1 Å². The smallest absolute Gasteiger partial charge is 0.156 e. The Morgan fingerprint density at radius 2 is 2.00 bits per heavy atom. The van der Waals surface area contributed by atoms with Gasteiger partial charge in [-0.15, -0.1) is 0 Å². The number of piperidine rings is 1. The molecule has 0 amide bonds. The number of aromatic amines is 1. The number of benzene rings is 1. The zero-order chi connectivity index (χ0) is 14.4. The maximum Gasteiger partial charge on any atom is 0.156 e. The van der Waals surface area contributed by atoms with Crippen molar-refractivity contribution in [1.82, 2.24) is 15.0 Å². The van der Waals surface area contributed by atoms with Crippen molar-refractivity contribution in [3.8, 4) is 0 Å². The highest BCUT2D eigenvalue weighted by atomic mass is 15.2. The average molecular weight is 280 g/mol. The second kappa shape index (κ2) is 4.72. The van der Waals surface area contributed by atoms with Crippen LogP contribution in [0.15, 0.2) is 24.5 Å². The summed E-state index contributed by atoms with van der Waals surface area (Å²) in [6.07, 6.45) is 4.18. The molecule has 0 spiro atoms. The van der Waals surface area contributed by atoms with Crippen molar-refractivity contribution >= 4 is 27.8 Å². The predicted molar refractivity (Wildman–Crippen MR) is 86.7 cm³/mol. The van der Waals surface area contributed by atoms with Gasteiger partial charge in [0.15, 0.2) is 5.82 Å². The second-order valence-electron chi connectivity index (χ2n) is 6.26. The summed E-state index contributed by atoms with van der Waals surface area (Å²) >= 11 is 0. The lowest BCUT2D eigenvalue weighted by atomic mass is 9.99. The molecule has 4 nitrogen and oxygen atoms in total. The van der Waals surface area contributed by atoms with Gasteiger partial charge in [-0.05, 0) is 37.8 Å². The third-order valence-corrected chi connectivity index (χ3v) is 4.60. The largest absolute Gasteiger partial charge is 0.355 e. The summed E-state index contributed by atoms with van der Waals surface area (Å²) in [5.41, 5.74) is 4.52. The first-order valence-corrected chi connectivity index (χ1v) is 7.70. The van der Waals surface area contributed by atoms with Gasteiger partial charge < -0.3 is 9.88 Å². The molecule has 4 rings (SSSR count). The summed E-state index contributed by atoms with van der Waals surface area (Å²) in [7, 11) is 0. The van der Waals surface area contributed by atoms with Gasteiger partial charge in [-0.25, -0.2) is 9.97 Å². The molecule has 3 aromatic rings. The van der Waals surface area contributed by atoms with Gasteiger partial charge in [0.1, 0.15) is 17.4 Å². The monoisotopic (exact) mass is 280 g/mol. The summed E-state index contributed by atoms with van der Waals surface area (Å²) in [6.45, 7) is 6.62.